The van der Waals surface area contributed by atoms with Crippen molar-refractivity contribution in [3.8, 4) is 22.6 Å². The van der Waals surface area contributed by atoms with Gasteiger partial charge in [0.25, 0.3) is 0 Å². The van der Waals surface area contributed by atoms with Gasteiger partial charge >= 0.3 is 5.97 Å². The molecule has 0 amide bonds. The van der Waals surface area contributed by atoms with Crippen LogP contribution in [-0.4, -0.2) is 22.8 Å². The Balaban J connectivity index is 1.90. The van der Waals surface area contributed by atoms with Gasteiger partial charge in [-0.3, -0.25) is 0 Å². The van der Waals surface area contributed by atoms with E-state index in [9.17, 15) is 9.90 Å². The summed E-state index contributed by atoms with van der Waals surface area (Å²) in [5.74, 6) is -0.573. The van der Waals surface area contributed by atoms with Crippen LogP contribution in [0.5, 0.6) is 11.5 Å². The number of halogens is 2. The van der Waals surface area contributed by atoms with Gasteiger partial charge in [0.2, 0.25) is 0 Å². The summed E-state index contributed by atoms with van der Waals surface area (Å²) in [6.45, 7) is 1.62. The minimum atomic E-state index is -1.08. The largest absolute Gasteiger partial charge is 0.507 e. The number of carboxylic acid groups (broad SMARTS) is 1. The first-order valence-corrected chi connectivity index (χ1v) is 9.86. The van der Waals surface area contributed by atoms with Gasteiger partial charge in [-0.25, -0.2) is 4.79 Å². The van der Waals surface area contributed by atoms with E-state index in [1.165, 1.54) is 5.56 Å². The summed E-state index contributed by atoms with van der Waals surface area (Å²) in [5, 5.41) is 19.9. The van der Waals surface area contributed by atoms with Crippen molar-refractivity contribution in [3.05, 3.63) is 81.3 Å². The molecule has 3 aromatic rings. The highest BCUT2D eigenvalue weighted by Crippen LogP contribution is 2.35. The van der Waals surface area contributed by atoms with Gasteiger partial charge in [-0.2, -0.15) is 0 Å². The molecule has 0 saturated carbocycles. The summed E-state index contributed by atoms with van der Waals surface area (Å²) in [5.41, 5.74) is 4.51. The molecular formula is C23H20Cl2O4. The predicted octanol–water partition coefficient (Wildman–Crippen LogP) is 5.98. The zero-order valence-corrected chi connectivity index (χ0v) is 17.3. The molecule has 2 N–H and O–H groups in total. The van der Waals surface area contributed by atoms with Crippen molar-refractivity contribution < 1.29 is 19.7 Å². The van der Waals surface area contributed by atoms with Crippen molar-refractivity contribution >= 4 is 29.2 Å². The van der Waals surface area contributed by atoms with Crippen molar-refractivity contribution in [1.82, 2.24) is 0 Å². The molecule has 4 nitrogen and oxygen atoms in total. The van der Waals surface area contributed by atoms with Crippen molar-refractivity contribution in [2.24, 2.45) is 0 Å². The lowest BCUT2D eigenvalue weighted by atomic mass is 9.96. The van der Waals surface area contributed by atoms with E-state index >= 15 is 0 Å². The van der Waals surface area contributed by atoms with Crippen LogP contribution in [0.4, 0.5) is 0 Å². The number of aromatic hydroxyl groups is 1. The van der Waals surface area contributed by atoms with Gasteiger partial charge < -0.3 is 14.9 Å². The summed E-state index contributed by atoms with van der Waals surface area (Å²) in [6.07, 6.45) is 1.37. The van der Waals surface area contributed by atoms with Gasteiger partial charge in [0.1, 0.15) is 11.5 Å². The summed E-state index contributed by atoms with van der Waals surface area (Å²) in [6, 6.07) is 16.6. The number of benzene rings is 3. The van der Waals surface area contributed by atoms with Crippen LogP contribution in [0.3, 0.4) is 0 Å². The monoisotopic (exact) mass is 430 g/mol. The lowest BCUT2D eigenvalue weighted by Gasteiger charge is -2.13. The Kier molecular flexibility index (Phi) is 6.68. The summed E-state index contributed by atoms with van der Waals surface area (Å²) in [4.78, 5) is 10.7. The Bertz CT molecular complexity index is 1020. The first kappa shape index (κ1) is 21.0. The van der Waals surface area contributed by atoms with Crippen LogP contribution in [-0.2, 0) is 17.6 Å². The Morgan fingerprint density at radius 1 is 1.00 bits per heavy atom. The average molecular weight is 431 g/mol. The number of ether oxygens (including phenoxy) is 1. The number of aryl methyl sites for hydroxylation is 1. The summed E-state index contributed by atoms with van der Waals surface area (Å²) < 4.78 is 5.15. The Labute approximate surface area is 179 Å². The highest BCUT2D eigenvalue weighted by atomic mass is 35.5. The number of carboxylic acids is 1. The molecule has 0 aliphatic carbocycles. The maximum absolute atomic E-state index is 10.7. The number of phenols is 1. The molecule has 3 rings (SSSR count). The number of carbonyl (C=O) groups is 1. The number of hydrogen-bond donors (Lipinski definition) is 2. The SMILES string of the molecule is CCc1cccc(-c2cc(Cc3c(Cl)cc(OCC(=O)O)cc3Cl)ccc2O)c1. The molecule has 3 aromatic carbocycles. The maximum atomic E-state index is 10.7. The Morgan fingerprint density at radius 2 is 1.72 bits per heavy atom. The fourth-order valence-corrected chi connectivity index (χ4v) is 3.67. The summed E-state index contributed by atoms with van der Waals surface area (Å²) >= 11 is 12.7. The molecule has 0 bridgehead atoms. The molecular weight excluding hydrogens is 411 g/mol. The fourth-order valence-electron chi connectivity index (χ4n) is 3.06. The molecule has 0 unspecified atom stereocenters. The van der Waals surface area contributed by atoms with Crippen molar-refractivity contribution in [2.75, 3.05) is 6.61 Å². The second-order valence-corrected chi connectivity index (χ2v) is 7.44. The van der Waals surface area contributed by atoms with Gasteiger partial charge in [0.05, 0.1) is 0 Å². The second kappa shape index (κ2) is 9.21. The van der Waals surface area contributed by atoms with Gasteiger partial charge in [0.15, 0.2) is 6.61 Å². The second-order valence-electron chi connectivity index (χ2n) is 6.63. The molecule has 0 atom stereocenters. The van der Waals surface area contributed by atoms with Crippen LogP contribution < -0.4 is 4.74 Å². The molecule has 0 aliphatic rings. The van der Waals surface area contributed by atoms with Crippen molar-refractivity contribution in [3.63, 3.8) is 0 Å². The van der Waals surface area contributed by atoms with Gasteiger partial charge in [-0.1, -0.05) is 60.5 Å². The topological polar surface area (TPSA) is 66.8 Å². The molecule has 6 heteroatoms. The van der Waals surface area contributed by atoms with Crippen LogP contribution in [0.1, 0.15) is 23.6 Å². The zero-order chi connectivity index (χ0) is 21.0. The normalized spacial score (nSPS) is 10.7. The maximum Gasteiger partial charge on any atom is 0.341 e. The molecule has 0 heterocycles. The fraction of sp³-hybridized carbons (Fsp3) is 0.174. The Morgan fingerprint density at radius 3 is 2.38 bits per heavy atom. The lowest BCUT2D eigenvalue weighted by Crippen LogP contribution is -2.09. The molecule has 29 heavy (non-hydrogen) atoms. The van der Waals surface area contributed by atoms with Gasteiger partial charge in [-0.15, -0.1) is 0 Å². The third-order valence-corrected chi connectivity index (χ3v) is 5.24. The zero-order valence-electron chi connectivity index (χ0n) is 15.8. The van der Waals surface area contributed by atoms with Crippen molar-refractivity contribution in [1.29, 1.82) is 0 Å². The smallest absolute Gasteiger partial charge is 0.341 e. The quantitative estimate of drug-likeness (QED) is 0.483. The molecule has 150 valence electrons. The minimum absolute atomic E-state index is 0.205. The van der Waals surface area contributed by atoms with Gasteiger partial charge in [-0.05, 0) is 52.9 Å². The highest BCUT2D eigenvalue weighted by molar-refractivity contribution is 6.36. The first-order valence-electron chi connectivity index (χ1n) is 9.11. The van der Waals surface area contributed by atoms with Crippen LogP contribution in [0.25, 0.3) is 11.1 Å². The predicted molar refractivity (Wildman–Crippen MR) is 115 cm³/mol. The molecule has 0 fully saturated rings. The Hall–Kier alpha value is -2.69. The van der Waals surface area contributed by atoms with E-state index in [0.717, 1.165) is 23.1 Å². The number of aliphatic carboxylic acids is 1. The van der Waals surface area contributed by atoms with E-state index in [-0.39, 0.29) is 5.75 Å². The third kappa shape index (κ3) is 5.22. The van der Waals surface area contributed by atoms with Gasteiger partial charge in [0, 0.05) is 22.0 Å². The van der Waals surface area contributed by atoms with Crippen LogP contribution >= 0.6 is 23.2 Å². The van der Waals surface area contributed by atoms with E-state index in [4.69, 9.17) is 33.0 Å². The van der Waals surface area contributed by atoms with E-state index in [1.54, 1.807) is 18.2 Å². The number of phenolic OH excluding ortho intramolecular Hbond substituents is 1. The number of rotatable bonds is 7. The minimum Gasteiger partial charge on any atom is -0.507 e. The molecule has 0 saturated heterocycles. The molecule has 0 aliphatic heterocycles. The summed E-state index contributed by atoms with van der Waals surface area (Å²) in [7, 11) is 0. The van der Waals surface area contributed by atoms with Crippen molar-refractivity contribution in [2.45, 2.75) is 19.8 Å². The van der Waals surface area contributed by atoms with Crippen LogP contribution in [0.15, 0.2) is 54.6 Å². The molecule has 0 aromatic heterocycles. The van der Waals surface area contributed by atoms with E-state index < -0.39 is 12.6 Å². The number of hydrogen-bond acceptors (Lipinski definition) is 3. The van der Waals surface area contributed by atoms with E-state index in [1.807, 2.05) is 24.3 Å². The van der Waals surface area contributed by atoms with Crippen LogP contribution in [0.2, 0.25) is 10.0 Å². The highest BCUT2D eigenvalue weighted by Gasteiger charge is 2.13. The first-order chi connectivity index (χ1) is 13.9. The third-order valence-electron chi connectivity index (χ3n) is 4.56. The van der Waals surface area contributed by atoms with E-state index in [0.29, 0.717) is 27.8 Å². The molecule has 0 radical (unpaired) electrons. The van der Waals surface area contributed by atoms with E-state index in [2.05, 4.69) is 19.1 Å². The lowest BCUT2D eigenvalue weighted by molar-refractivity contribution is -0.139. The molecule has 0 spiro atoms. The average Bonchev–Trinajstić information content (AvgIpc) is 2.70. The standard InChI is InChI=1S/C23H20Cl2O4/c1-2-14-4-3-5-16(8-14)18-9-15(6-7-22(18)26)10-19-20(24)11-17(12-21(19)25)29-13-23(27)28/h3-9,11-12,26H,2,10,13H2,1H3,(H,27,28). The van der Waals surface area contributed by atoms with Crippen LogP contribution in [0, 0.1) is 0 Å².